The number of hydrogen-bond donors (Lipinski definition) is 1. The molecule has 0 aliphatic rings. The fourth-order valence-corrected chi connectivity index (χ4v) is 2.53. The molecule has 0 fully saturated rings. The van der Waals surface area contributed by atoms with Crippen LogP contribution >= 0.6 is 11.6 Å². The fraction of sp³-hybridized carbons (Fsp3) is 0.462. The van der Waals surface area contributed by atoms with E-state index in [1.54, 1.807) is 18.2 Å². The highest BCUT2D eigenvalue weighted by Gasteiger charge is 2.17. The molecule has 0 saturated heterocycles. The highest BCUT2D eigenvalue weighted by molar-refractivity contribution is 7.87. The van der Waals surface area contributed by atoms with E-state index in [9.17, 15) is 13.2 Å². The third-order valence-corrected chi connectivity index (χ3v) is 4.95. The van der Waals surface area contributed by atoms with Gasteiger partial charge in [0.1, 0.15) is 0 Å². The summed E-state index contributed by atoms with van der Waals surface area (Å²) in [6, 6.07) is 5.28. The number of nitrogens with zero attached hydrogens (tertiary/aromatic N) is 2. The van der Waals surface area contributed by atoms with Gasteiger partial charge in [0.15, 0.2) is 0 Å². The molecule has 1 aromatic rings. The first kappa shape index (κ1) is 17.9. The zero-order valence-corrected chi connectivity index (χ0v) is 14.1. The zero-order chi connectivity index (χ0) is 16.2. The van der Waals surface area contributed by atoms with Gasteiger partial charge < -0.3 is 4.90 Å². The van der Waals surface area contributed by atoms with E-state index >= 15 is 0 Å². The van der Waals surface area contributed by atoms with Crippen molar-refractivity contribution in [3.63, 3.8) is 0 Å². The van der Waals surface area contributed by atoms with Crippen LogP contribution in [-0.4, -0.2) is 45.8 Å². The van der Waals surface area contributed by atoms with Crippen molar-refractivity contribution < 1.29 is 13.2 Å². The molecular formula is C13H20ClN3O3S. The van der Waals surface area contributed by atoms with Crippen LogP contribution in [0.25, 0.3) is 0 Å². The molecule has 1 aromatic carbocycles. The second-order valence-electron chi connectivity index (χ2n) is 4.74. The normalized spacial score (nSPS) is 11.7. The first-order valence-corrected chi connectivity index (χ1v) is 8.19. The van der Waals surface area contributed by atoms with Crippen molar-refractivity contribution in [2.45, 2.75) is 13.8 Å². The van der Waals surface area contributed by atoms with Gasteiger partial charge in [-0.15, -0.1) is 0 Å². The lowest BCUT2D eigenvalue weighted by Crippen LogP contribution is -2.41. The van der Waals surface area contributed by atoms with Crippen LogP contribution in [0.1, 0.15) is 12.5 Å². The Morgan fingerprint density at radius 3 is 2.48 bits per heavy atom. The van der Waals surface area contributed by atoms with E-state index in [1.807, 2.05) is 6.92 Å². The van der Waals surface area contributed by atoms with Gasteiger partial charge in [-0.1, -0.05) is 17.7 Å². The summed E-state index contributed by atoms with van der Waals surface area (Å²) in [4.78, 5) is 13.3. The van der Waals surface area contributed by atoms with Gasteiger partial charge in [0.25, 0.3) is 10.2 Å². The van der Waals surface area contributed by atoms with Gasteiger partial charge in [-0.25, -0.2) is 4.72 Å². The van der Waals surface area contributed by atoms with Crippen molar-refractivity contribution in [2.24, 2.45) is 0 Å². The van der Waals surface area contributed by atoms with Crippen LogP contribution in [0.4, 0.5) is 5.69 Å². The molecule has 0 unspecified atom stereocenters. The zero-order valence-electron chi connectivity index (χ0n) is 12.6. The van der Waals surface area contributed by atoms with E-state index in [0.29, 0.717) is 10.7 Å². The number of benzene rings is 1. The number of hydrogen-bond acceptors (Lipinski definition) is 3. The summed E-state index contributed by atoms with van der Waals surface area (Å²) in [5, 5.41) is 0.563. The Morgan fingerprint density at radius 2 is 1.95 bits per heavy atom. The quantitative estimate of drug-likeness (QED) is 0.855. The highest BCUT2D eigenvalue weighted by Crippen LogP contribution is 2.26. The minimum Gasteiger partial charge on any atom is -0.311 e. The van der Waals surface area contributed by atoms with Crippen LogP contribution < -0.4 is 9.62 Å². The summed E-state index contributed by atoms with van der Waals surface area (Å²) in [6.07, 6.45) is 0. The predicted molar refractivity (Wildman–Crippen MR) is 84.8 cm³/mol. The Morgan fingerprint density at radius 1 is 1.33 bits per heavy atom. The standard InChI is InChI=1S/C13H20ClN3O3S/c1-10-12(14)6-5-7-13(10)17(11(2)18)9-8-15-21(19,20)16(3)4/h5-7,15H,8-9H2,1-4H3. The van der Waals surface area contributed by atoms with Crippen molar-refractivity contribution >= 4 is 33.4 Å². The van der Waals surface area contributed by atoms with E-state index in [-0.39, 0.29) is 19.0 Å². The number of carbonyl (C=O) groups excluding carboxylic acids is 1. The molecule has 0 radical (unpaired) electrons. The molecule has 0 aliphatic heterocycles. The van der Waals surface area contributed by atoms with Crippen molar-refractivity contribution in [3.8, 4) is 0 Å². The van der Waals surface area contributed by atoms with E-state index in [4.69, 9.17) is 11.6 Å². The second-order valence-corrected chi connectivity index (χ2v) is 7.11. The Hall–Kier alpha value is -1.15. The van der Waals surface area contributed by atoms with Gasteiger partial charge in [-0.3, -0.25) is 4.79 Å². The number of halogens is 1. The van der Waals surface area contributed by atoms with Gasteiger partial charge >= 0.3 is 0 Å². The predicted octanol–water partition coefficient (Wildman–Crippen LogP) is 1.40. The minimum absolute atomic E-state index is 0.117. The Kier molecular flexibility index (Phi) is 6.15. The molecular weight excluding hydrogens is 314 g/mol. The lowest BCUT2D eigenvalue weighted by Gasteiger charge is -2.24. The SMILES string of the molecule is CC(=O)N(CCNS(=O)(=O)N(C)C)c1cccc(Cl)c1C. The van der Waals surface area contributed by atoms with Crippen molar-refractivity contribution in [2.75, 3.05) is 32.1 Å². The molecule has 1 rings (SSSR count). The van der Waals surface area contributed by atoms with Gasteiger partial charge in [0.05, 0.1) is 0 Å². The molecule has 8 heteroatoms. The number of amides is 1. The third-order valence-electron chi connectivity index (χ3n) is 3.01. The maximum Gasteiger partial charge on any atom is 0.278 e. The van der Waals surface area contributed by atoms with E-state index in [0.717, 1.165) is 9.87 Å². The number of carbonyl (C=O) groups is 1. The van der Waals surface area contributed by atoms with Crippen LogP contribution in [-0.2, 0) is 15.0 Å². The summed E-state index contributed by atoms with van der Waals surface area (Å²) in [5.74, 6) is -0.176. The monoisotopic (exact) mass is 333 g/mol. The number of nitrogens with one attached hydrogen (secondary N) is 1. The molecule has 21 heavy (non-hydrogen) atoms. The second kappa shape index (κ2) is 7.22. The number of rotatable bonds is 6. The molecule has 0 spiro atoms. The van der Waals surface area contributed by atoms with Gasteiger partial charge in [-0.2, -0.15) is 12.7 Å². The highest BCUT2D eigenvalue weighted by atomic mass is 35.5. The summed E-state index contributed by atoms with van der Waals surface area (Å²) in [5.41, 5.74) is 1.46. The van der Waals surface area contributed by atoms with Gasteiger partial charge in [0, 0.05) is 44.8 Å². The summed E-state index contributed by atoms with van der Waals surface area (Å²) < 4.78 is 26.8. The molecule has 0 heterocycles. The molecule has 0 bridgehead atoms. The van der Waals surface area contributed by atoms with Gasteiger partial charge in [-0.05, 0) is 24.6 Å². The van der Waals surface area contributed by atoms with E-state index < -0.39 is 10.2 Å². The lowest BCUT2D eigenvalue weighted by atomic mass is 10.1. The molecule has 1 amide bonds. The van der Waals surface area contributed by atoms with Crippen LogP contribution in [0.2, 0.25) is 5.02 Å². The first-order valence-electron chi connectivity index (χ1n) is 6.37. The topological polar surface area (TPSA) is 69.7 Å². The first-order chi connectivity index (χ1) is 9.66. The van der Waals surface area contributed by atoms with Crippen molar-refractivity contribution in [1.29, 1.82) is 0 Å². The van der Waals surface area contributed by atoms with Crippen molar-refractivity contribution in [3.05, 3.63) is 28.8 Å². The minimum atomic E-state index is -3.50. The van der Waals surface area contributed by atoms with Crippen molar-refractivity contribution in [1.82, 2.24) is 9.03 Å². The smallest absolute Gasteiger partial charge is 0.278 e. The molecule has 0 aromatic heterocycles. The van der Waals surface area contributed by atoms with E-state index in [1.165, 1.54) is 25.9 Å². The molecule has 6 nitrogen and oxygen atoms in total. The van der Waals surface area contributed by atoms with Crippen LogP contribution in [0.15, 0.2) is 18.2 Å². The van der Waals surface area contributed by atoms with Gasteiger partial charge in [0.2, 0.25) is 5.91 Å². The molecule has 0 saturated carbocycles. The average Bonchev–Trinajstić information content (AvgIpc) is 2.38. The average molecular weight is 334 g/mol. The maximum absolute atomic E-state index is 11.8. The molecule has 0 atom stereocenters. The fourth-order valence-electron chi connectivity index (χ4n) is 1.75. The van der Waals surface area contributed by atoms with Crippen LogP contribution in [0, 0.1) is 6.92 Å². The Labute approximate surface area is 130 Å². The largest absolute Gasteiger partial charge is 0.311 e. The molecule has 1 N–H and O–H groups in total. The van der Waals surface area contributed by atoms with Crippen LogP contribution in [0.5, 0.6) is 0 Å². The molecule has 0 aliphatic carbocycles. The summed E-state index contributed by atoms with van der Waals surface area (Å²) >= 11 is 6.05. The van der Waals surface area contributed by atoms with Crippen LogP contribution in [0.3, 0.4) is 0 Å². The lowest BCUT2D eigenvalue weighted by molar-refractivity contribution is -0.116. The molecule has 118 valence electrons. The number of anilines is 1. The third kappa shape index (κ3) is 4.67. The maximum atomic E-state index is 11.8. The Balaban J connectivity index is 2.86. The summed E-state index contributed by atoms with van der Waals surface area (Å²) in [7, 11) is -0.627. The Bertz CT molecular complexity index is 617. The summed E-state index contributed by atoms with van der Waals surface area (Å²) in [6.45, 7) is 3.59. The van der Waals surface area contributed by atoms with E-state index in [2.05, 4.69) is 4.72 Å².